The van der Waals surface area contributed by atoms with E-state index in [0.29, 0.717) is 0 Å². The Morgan fingerprint density at radius 2 is 1.50 bits per heavy atom. The highest BCUT2D eigenvalue weighted by Gasteiger charge is 2.31. The Labute approximate surface area is 70.0 Å². The first-order valence-corrected chi connectivity index (χ1v) is 4.58. The van der Waals surface area contributed by atoms with E-state index in [1.807, 2.05) is 0 Å². The van der Waals surface area contributed by atoms with E-state index in [9.17, 15) is 8.42 Å². The number of nitrogens with two attached hydrogens (primary N) is 1. The molecule has 0 radical (unpaired) electrons. The van der Waals surface area contributed by atoms with Gasteiger partial charge in [-0.05, 0) is 0 Å². The maximum atomic E-state index is 10.5. The van der Waals surface area contributed by atoms with Crippen LogP contribution < -0.4 is 9.86 Å². The molecule has 0 heterocycles. The van der Waals surface area contributed by atoms with Crippen molar-refractivity contribution in [2.75, 3.05) is 19.8 Å². The van der Waals surface area contributed by atoms with Crippen LogP contribution in [0.15, 0.2) is 0 Å². The Hall–Kier alpha value is -0.250. The highest BCUT2D eigenvalue weighted by atomic mass is 32.2. The minimum atomic E-state index is -4.05. The van der Waals surface area contributed by atoms with Crippen LogP contribution >= 0.6 is 0 Å². The van der Waals surface area contributed by atoms with Crippen molar-refractivity contribution in [2.45, 2.75) is 5.54 Å². The molecule has 0 amide bonds. The van der Waals surface area contributed by atoms with Crippen LogP contribution in [0.3, 0.4) is 0 Å². The van der Waals surface area contributed by atoms with Gasteiger partial charge in [-0.3, -0.25) is 0 Å². The lowest BCUT2D eigenvalue weighted by Crippen LogP contribution is -2.58. The molecule has 0 fully saturated rings. The Bertz CT molecular complexity index is 213. The lowest BCUT2D eigenvalue weighted by Gasteiger charge is -2.26. The third kappa shape index (κ3) is 3.43. The summed E-state index contributed by atoms with van der Waals surface area (Å²) in [5, 5.41) is 30.5. The summed E-state index contributed by atoms with van der Waals surface area (Å²) in [4.78, 5) is 0. The number of hydrogen-bond donors (Lipinski definition) is 5. The molecule has 7 nitrogen and oxygen atoms in total. The fraction of sp³-hybridized carbons (Fsp3) is 1.00. The number of nitrogens with one attached hydrogen (secondary N) is 1. The monoisotopic (exact) mass is 200 g/mol. The van der Waals surface area contributed by atoms with Crippen molar-refractivity contribution < 1.29 is 23.7 Å². The summed E-state index contributed by atoms with van der Waals surface area (Å²) in [6.45, 7) is -2.22. The molecule has 6 N–H and O–H groups in total. The van der Waals surface area contributed by atoms with Crippen LogP contribution in [0, 0.1) is 0 Å². The number of hydrogen-bond acceptors (Lipinski definition) is 5. The third-order valence-corrected chi connectivity index (χ3v) is 1.98. The molecule has 12 heavy (non-hydrogen) atoms. The molecule has 74 valence electrons. The second-order valence-electron chi connectivity index (χ2n) is 2.40. The molecule has 0 saturated carbocycles. The first-order valence-electron chi connectivity index (χ1n) is 3.03. The minimum Gasteiger partial charge on any atom is -0.394 e. The molecule has 0 saturated heterocycles. The molecule has 0 atom stereocenters. The van der Waals surface area contributed by atoms with E-state index in [-0.39, 0.29) is 0 Å². The molecule has 0 aromatic heterocycles. The maximum Gasteiger partial charge on any atom is 0.275 e. The molecule has 0 aliphatic rings. The smallest absolute Gasteiger partial charge is 0.275 e. The molecule has 0 aromatic carbocycles. The molecule has 0 rings (SSSR count). The van der Waals surface area contributed by atoms with Gasteiger partial charge < -0.3 is 15.3 Å². The van der Waals surface area contributed by atoms with Gasteiger partial charge in [0.15, 0.2) is 0 Å². The highest BCUT2D eigenvalue weighted by molar-refractivity contribution is 7.87. The van der Waals surface area contributed by atoms with E-state index < -0.39 is 35.6 Å². The fourth-order valence-corrected chi connectivity index (χ4v) is 1.35. The molecular weight excluding hydrogens is 188 g/mol. The van der Waals surface area contributed by atoms with Crippen LogP contribution in [0.1, 0.15) is 0 Å². The Balaban J connectivity index is 4.52. The van der Waals surface area contributed by atoms with Crippen LogP contribution in [0.25, 0.3) is 0 Å². The Morgan fingerprint density at radius 1 is 1.17 bits per heavy atom. The van der Waals surface area contributed by atoms with E-state index in [2.05, 4.69) is 5.14 Å². The van der Waals surface area contributed by atoms with Crippen molar-refractivity contribution in [1.29, 1.82) is 0 Å². The van der Waals surface area contributed by atoms with Crippen LogP contribution in [-0.4, -0.2) is 49.1 Å². The standard InChI is InChI=1S/C4H12N2O5S/c5-12(10,11)6-4(1-7,2-8)3-9/h6-9H,1-3H2,(H2,5,10,11). The molecule has 0 aliphatic carbocycles. The first kappa shape index (κ1) is 11.8. The van der Waals surface area contributed by atoms with Gasteiger partial charge in [-0.25, -0.2) is 5.14 Å². The van der Waals surface area contributed by atoms with Gasteiger partial charge in [-0.1, -0.05) is 0 Å². The zero-order chi connectivity index (χ0) is 9.83. The summed E-state index contributed by atoms with van der Waals surface area (Å²) in [7, 11) is -4.05. The largest absolute Gasteiger partial charge is 0.394 e. The van der Waals surface area contributed by atoms with Gasteiger partial charge in [0.2, 0.25) is 0 Å². The van der Waals surface area contributed by atoms with E-state index in [1.165, 1.54) is 0 Å². The number of aliphatic hydroxyl groups is 3. The lowest BCUT2D eigenvalue weighted by atomic mass is 10.1. The summed E-state index contributed by atoms with van der Waals surface area (Å²) in [5.74, 6) is 0. The van der Waals surface area contributed by atoms with Gasteiger partial charge in [0.05, 0.1) is 19.8 Å². The Morgan fingerprint density at radius 3 is 1.58 bits per heavy atom. The summed E-state index contributed by atoms with van der Waals surface area (Å²) in [6, 6.07) is 0. The Kier molecular flexibility index (Phi) is 4.03. The van der Waals surface area contributed by atoms with Gasteiger partial charge in [-0.2, -0.15) is 13.1 Å². The summed E-state index contributed by atoms with van der Waals surface area (Å²) >= 11 is 0. The molecule has 0 spiro atoms. The van der Waals surface area contributed by atoms with Crippen molar-refractivity contribution >= 4 is 10.2 Å². The van der Waals surface area contributed by atoms with E-state index >= 15 is 0 Å². The van der Waals surface area contributed by atoms with Gasteiger partial charge >= 0.3 is 0 Å². The first-order chi connectivity index (χ1) is 5.39. The zero-order valence-electron chi connectivity index (χ0n) is 6.27. The van der Waals surface area contributed by atoms with Crippen LogP contribution in [0.2, 0.25) is 0 Å². The SMILES string of the molecule is NS(=O)(=O)NC(CO)(CO)CO. The van der Waals surface area contributed by atoms with Crippen molar-refractivity contribution in [3.8, 4) is 0 Å². The summed E-state index contributed by atoms with van der Waals surface area (Å²) in [6.07, 6.45) is 0. The third-order valence-electron chi connectivity index (χ3n) is 1.27. The van der Waals surface area contributed by atoms with E-state index in [1.54, 1.807) is 4.72 Å². The van der Waals surface area contributed by atoms with Crippen molar-refractivity contribution in [3.63, 3.8) is 0 Å². The fourth-order valence-electron chi connectivity index (χ4n) is 0.549. The predicted octanol–water partition coefficient (Wildman–Crippen LogP) is -3.50. The summed E-state index contributed by atoms with van der Waals surface area (Å²) < 4.78 is 22.6. The van der Waals surface area contributed by atoms with Gasteiger partial charge in [0.1, 0.15) is 5.54 Å². The van der Waals surface area contributed by atoms with E-state index in [4.69, 9.17) is 15.3 Å². The average Bonchev–Trinajstić information content (AvgIpc) is 1.99. The van der Waals surface area contributed by atoms with E-state index in [0.717, 1.165) is 0 Å². The zero-order valence-corrected chi connectivity index (χ0v) is 7.08. The van der Waals surface area contributed by atoms with Crippen molar-refractivity contribution in [2.24, 2.45) is 5.14 Å². The van der Waals surface area contributed by atoms with Gasteiger partial charge in [0, 0.05) is 0 Å². The highest BCUT2D eigenvalue weighted by Crippen LogP contribution is 2.01. The lowest BCUT2D eigenvalue weighted by molar-refractivity contribution is 0.0582. The minimum absolute atomic E-state index is 0.740. The molecule has 0 aliphatic heterocycles. The normalized spacial score (nSPS) is 13.3. The molecule has 8 heteroatoms. The molecule has 0 aromatic rings. The van der Waals surface area contributed by atoms with Crippen molar-refractivity contribution in [1.82, 2.24) is 4.72 Å². The summed E-state index contributed by atoms with van der Waals surface area (Å²) in [5.41, 5.74) is -1.69. The quantitative estimate of drug-likeness (QED) is 0.314. The topological polar surface area (TPSA) is 133 Å². The van der Waals surface area contributed by atoms with Gasteiger partial charge in [0.25, 0.3) is 10.2 Å². The molecule has 0 unspecified atom stereocenters. The molecular formula is C4H12N2O5S. The molecule has 0 bridgehead atoms. The van der Waals surface area contributed by atoms with Crippen LogP contribution in [0.4, 0.5) is 0 Å². The number of aliphatic hydroxyl groups excluding tert-OH is 3. The number of rotatable bonds is 5. The predicted molar refractivity (Wildman–Crippen MR) is 40.2 cm³/mol. The van der Waals surface area contributed by atoms with Crippen LogP contribution in [0.5, 0.6) is 0 Å². The van der Waals surface area contributed by atoms with Crippen molar-refractivity contribution in [3.05, 3.63) is 0 Å². The second kappa shape index (κ2) is 4.12. The van der Waals surface area contributed by atoms with Gasteiger partial charge in [-0.15, -0.1) is 0 Å². The second-order valence-corrected chi connectivity index (χ2v) is 3.70. The average molecular weight is 200 g/mol. The maximum absolute atomic E-state index is 10.5. The van der Waals surface area contributed by atoms with Crippen LogP contribution in [-0.2, 0) is 10.2 Å².